The average Bonchev–Trinajstić information content (AvgIpc) is 2.48. The van der Waals surface area contributed by atoms with Gasteiger partial charge in [0.15, 0.2) is 0 Å². The van der Waals surface area contributed by atoms with E-state index in [1.54, 1.807) is 0 Å². The van der Waals surface area contributed by atoms with Crippen molar-refractivity contribution in [1.82, 2.24) is 4.72 Å². The molecule has 0 saturated heterocycles. The summed E-state index contributed by atoms with van der Waals surface area (Å²) in [5, 5.41) is 0. The molecule has 0 aliphatic carbocycles. The van der Waals surface area contributed by atoms with Crippen molar-refractivity contribution in [2.24, 2.45) is 0 Å². The molecule has 0 bridgehead atoms. The molecule has 2 rings (SSSR count). The maximum atomic E-state index is 12.0. The third-order valence-electron chi connectivity index (χ3n) is 3.35. The molecule has 0 aliphatic heterocycles. The summed E-state index contributed by atoms with van der Waals surface area (Å²) >= 11 is 3.34. The van der Waals surface area contributed by atoms with E-state index >= 15 is 0 Å². The fourth-order valence-corrected chi connectivity index (χ4v) is 3.58. The second-order valence-corrected chi connectivity index (χ2v) is 8.09. The molecule has 0 spiro atoms. The van der Waals surface area contributed by atoms with Gasteiger partial charge in [0.2, 0.25) is 10.0 Å². The minimum Gasteiger partial charge on any atom is -0.215 e. The number of benzene rings is 2. The molecule has 0 heterocycles. The summed E-state index contributed by atoms with van der Waals surface area (Å²) in [5.74, 6) is 0.0187. The highest BCUT2D eigenvalue weighted by Gasteiger charge is 2.10. The van der Waals surface area contributed by atoms with E-state index in [2.05, 4.69) is 51.8 Å². The lowest BCUT2D eigenvalue weighted by Crippen LogP contribution is -2.26. The highest BCUT2D eigenvalue weighted by atomic mass is 79.9. The van der Waals surface area contributed by atoms with E-state index < -0.39 is 10.0 Å². The smallest absolute Gasteiger partial charge is 0.215 e. The summed E-state index contributed by atoms with van der Waals surface area (Å²) in [5.41, 5.74) is 3.26. The minimum atomic E-state index is -3.27. The van der Waals surface area contributed by atoms with Crippen molar-refractivity contribution in [3.05, 3.63) is 69.7 Å². The summed E-state index contributed by atoms with van der Waals surface area (Å²) in [6, 6.07) is 15.7. The molecule has 0 radical (unpaired) electrons. The Morgan fingerprint density at radius 3 is 2.18 bits per heavy atom. The largest absolute Gasteiger partial charge is 0.215 e. The van der Waals surface area contributed by atoms with Gasteiger partial charge in [0.05, 0.1) is 5.75 Å². The lowest BCUT2D eigenvalue weighted by molar-refractivity contribution is 0.578. The summed E-state index contributed by atoms with van der Waals surface area (Å²) in [6.07, 6.45) is 1.67. The SMILES string of the molecule is Cc1ccc(CCCNS(=O)(=O)Cc2ccc(Br)cc2)cc1. The van der Waals surface area contributed by atoms with Crippen LogP contribution in [0.4, 0.5) is 0 Å². The first kappa shape index (κ1) is 17.2. The molecule has 0 unspecified atom stereocenters. The van der Waals surface area contributed by atoms with E-state index in [1.807, 2.05) is 24.3 Å². The van der Waals surface area contributed by atoms with E-state index in [9.17, 15) is 8.42 Å². The molecule has 0 aliphatic rings. The van der Waals surface area contributed by atoms with Crippen LogP contribution in [-0.2, 0) is 22.2 Å². The Labute approximate surface area is 140 Å². The van der Waals surface area contributed by atoms with Gasteiger partial charge in [0.25, 0.3) is 0 Å². The van der Waals surface area contributed by atoms with Crippen molar-refractivity contribution < 1.29 is 8.42 Å². The highest BCUT2D eigenvalue weighted by Crippen LogP contribution is 2.12. The predicted molar refractivity (Wildman–Crippen MR) is 94.3 cm³/mol. The summed E-state index contributed by atoms with van der Waals surface area (Å²) in [4.78, 5) is 0. The number of sulfonamides is 1. The molecule has 5 heteroatoms. The summed E-state index contributed by atoms with van der Waals surface area (Å²) < 4.78 is 27.6. The van der Waals surface area contributed by atoms with Gasteiger partial charge in [-0.3, -0.25) is 0 Å². The molecular formula is C17H20BrNO2S. The molecule has 22 heavy (non-hydrogen) atoms. The summed E-state index contributed by atoms with van der Waals surface area (Å²) in [6.45, 7) is 2.52. The maximum absolute atomic E-state index is 12.0. The minimum absolute atomic E-state index is 0.0187. The van der Waals surface area contributed by atoms with Crippen LogP contribution in [0, 0.1) is 6.92 Å². The molecule has 118 valence electrons. The highest BCUT2D eigenvalue weighted by molar-refractivity contribution is 9.10. The number of hydrogen-bond donors (Lipinski definition) is 1. The maximum Gasteiger partial charge on any atom is 0.215 e. The Balaban J connectivity index is 1.77. The Morgan fingerprint density at radius 2 is 1.55 bits per heavy atom. The van der Waals surface area contributed by atoms with Crippen LogP contribution in [0.2, 0.25) is 0 Å². The number of aryl methyl sites for hydroxylation is 2. The van der Waals surface area contributed by atoms with Gasteiger partial charge in [-0.1, -0.05) is 57.9 Å². The van der Waals surface area contributed by atoms with Gasteiger partial charge in [0, 0.05) is 11.0 Å². The fourth-order valence-electron chi connectivity index (χ4n) is 2.13. The van der Waals surface area contributed by atoms with Crippen LogP contribution in [0.25, 0.3) is 0 Å². The van der Waals surface area contributed by atoms with Crippen molar-refractivity contribution in [3.8, 4) is 0 Å². The van der Waals surface area contributed by atoms with Gasteiger partial charge < -0.3 is 0 Å². The van der Waals surface area contributed by atoms with E-state index in [0.717, 1.165) is 22.9 Å². The van der Waals surface area contributed by atoms with Gasteiger partial charge in [0.1, 0.15) is 0 Å². The molecule has 0 saturated carbocycles. The molecule has 0 atom stereocenters. The van der Waals surface area contributed by atoms with E-state index in [0.29, 0.717) is 6.54 Å². The van der Waals surface area contributed by atoms with Crippen molar-refractivity contribution in [2.45, 2.75) is 25.5 Å². The van der Waals surface area contributed by atoms with Crippen LogP contribution in [0.5, 0.6) is 0 Å². The molecule has 2 aromatic carbocycles. The zero-order chi connectivity index (χ0) is 16.0. The molecule has 3 nitrogen and oxygen atoms in total. The first-order valence-electron chi connectivity index (χ1n) is 7.22. The van der Waals surface area contributed by atoms with E-state index in [1.165, 1.54) is 11.1 Å². The Hall–Kier alpha value is -1.17. The van der Waals surface area contributed by atoms with Crippen molar-refractivity contribution in [1.29, 1.82) is 0 Å². The van der Waals surface area contributed by atoms with Crippen LogP contribution >= 0.6 is 15.9 Å². The summed E-state index contributed by atoms with van der Waals surface area (Å²) in [7, 11) is -3.27. The van der Waals surface area contributed by atoms with Crippen LogP contribution in [-0.4, -0.2) is 15.0 Å². The van der Waals surface area contributed by atoms with Crippen molar-refractivity contribution in [3.63, 3.8) is 0 Å². The predicted octanol–water partition coefficient (Wildman–Crippen LogP) is 3.81. The topological polar surface area (TPSA) is 46.2 Å². The Morgan fingerprint density at radius 1 is 0.955 bits per heavy atom. The normalized spacial score (nSPS) is 11.5. The fraction of sp³-hybridized carbons (Fsp3) is 0.294. The Kier molecular flexibility index (Phi) is 6.17. The number of rotatable bonds is 7. The van der Waals surface area contributed by atoms with Crippen LogP contribution in [0.3, 0.4) is 0 Å². The third-order valence-corrected chi connectivity index (χ3v) is 5.24. The molecule has 0 aromatic heterocycles. The van der Waals surface area contributed by atoms with Crippen molar-refractivity contribution >= 4 is 26.0 Å². The van der Waals surface area contributed by atoms with Crippen LogP contribution < -0.4 is 4.72 Å². The van der Waals surface area contributed by atoms with Crippen LogP contribution in [0.15, 0.2) is 53.0 Å². The van der Waals surface area contributed by atoms with Crippen molar-refractivity contribution in [2.75, 3.05) is 6.54 Å². The van der Waals surface area contributed by atoms with Gasteiger partial charge >= 0.3 is 0 Å². The monoisotopic (exact) mass is 381 g/mol. The standard InChI is InChI=1S/C17H20BrNO2S/c1-14-4-6-15(7-5-14)3-2-12-19-22(20,21)13-16-8-10-17(18)11-9-16/h4-11,19H,2-3,12-13H2,1H3. The first-order valence-corrected chi connectivity index (χ1v) is 9.66. The quantitative estimate of drug-likeness (QED) is 0.741. The van der Waals surface area contributed by atoms with Gasteiger partial charge in [-0.2, -0.15) is 0 Å². The molecule has 2 aromatic rings. The number of halogens is 1. The zero-order valence-corrected chi connectivity index (χ0v) is 15.0. The van der Waals surface area contributed by atoms with E-state index in [4.69, 9.17) is 0 Å². The Bertz CT molecular complexity index is 694. The van der Waals surface area contributed by atoms with Gasteiger partial charge in [-0.25, -0.2) is 13.1 Å². The van der Waals surface area contributed by atoms with Gasteiger partial charge in [-0.05, 0) is 43.0 Å². The number of hydrogen-bond acceptors (Lipinski definition) is 2. The van der Waals surface area contributed by atoms with E-state index in [-0.39, 0.29) is 5.75 Å². The molecule has 0 fully saturated rings. The molecular weight excluding hydrogens is 362 g/mol. The van der Waals surface area contributed by atoms with Crippen LogP contribution in [0.1, 0.15) is 23.1 Å². The zero-order valence-electron chi connectivity index (χ0n) is 12.5. The van der Waals surface area contributed by atoms with Gasteiger partial charge in [-0.15, -0.1) is 0 Å². The molecule has 0 amide bonds. The average molecular weight is 382 g/mol. The number of nitrogens with one attached hydrogen (secondary N) is 1. The first-order chi connectivity index (χ1) is 10.4. The lowest BCUT2D eigenvalue weighted by atomic mass is 10.1. The third kappa shape index (κ3) is 5.91. The second kappa shape index (κ2) is 7.90. The second-order valence-electron chi connectivity index (χ2n) is 5.37. The lowest BCUT2D eigenvalue weighted by Gasteiger charge is -2.07. The molecule has 1 N–H and O–H groups in total.